The summed E-state index contributed by atoms with van der Waals surface area (Å²) < 4.78 is 6.33. The van der Waals surface area contributed by atoms with Crippen LogP contribution in [0.4, 0.5) is 0 Å². The van der Waals surface area contributed by atoms with E-state index in [1.54, 1.807) is 0 Å². The zero-order valence-corrected chi connectivity index (χ0v) is 16.3. The number of nitrogens with zero attached hydrogens (tertiary/aromatic N) is 1. The average Bonchev–Trinajstić information content (AvgIpc) is 3.08. The first-order chi connectivity index (χ1) is 12.1. The van der Waals surface area contributed by atoms with Crippen LogP contribution in [0, 0.1) is 6.92 Å². The Bertz CT molecular complexity index is 517. The predicted molar refractivity (Wildman–Crippen MR) is 105 cm³/mol. The van der Waals surface area contributed by atoms with Crippen LogP contribution in [0.2, 0.25) is 0 Å². The Morgan fingerprint density at radius 1 is 1.04 bits per heavy atom. The van der Waals surface area contributed by atoms with E-state index >= 15 is 0 Å². The highest BCUT2D eigenvalue weighted by atomic mass is 16.5. The monoisotopic (exact) mass is 344 g/mol. The zero-order chi connectivity index (χ0) is 17.6. The quantitative estimate of drug-likeness (QED) is 0.790. The molecule has 0 aromatic heterocycles. The second-order valence-electron chi connectivity index (χ2n) is 8.41. The molecule has 3 heteroatoms. The lowest BCUT2D eigenvalue weighted by molar-refractivity contribution is -0.0303. The maximum atomic E-state index is 6.33. The lowest BCUT2D eigenvalue weighted by Crippen LogP contribution is -2.41. The topological polar surface area (TPSA) is 24.5 Å². The molecule has 0 bridgehead atoms. The van der Waals surface area contributed by atoms with Crippen LogP contribution in [0.3, 0.4) is 0 Å². The van der Waals surface area contributed by atoms with Crippen molar-refractivity contribution in [2.75, 3.05) is 20.6 Å². The van der Waals surface area contributed by atoms with Crippen molar-refractivity contribution in [2.45, 2.75) is 82.6 Å². The summed E-state index contributed by atoms with van der Waals surface area (Å²) >= 11 is 0. The molecule has 1 aromatic rings. The number of likely N-dealkylation sites (N-methyl/N-ethyl adjacent to an activating group) is 1. The Morgan fingerprint density at radius 2 is 1.72 bits per heavy atom. The molecule has 140 valence electrons. The Hall–Kier alpha value is -0.900. The minimum atomic E-state index is 0.409. The van der Waals surface area contributed by atoms with Crippen LogP contribution in [0.15, 0.2) is 24.3 Å². The van der Waals surface area contributed by atoms with Crippen LogP contribution < -0.4 is 5.32 Å². The van der Waals surface area contributed by atoms with Gasteiger partial charge >= 0.3 is 0 Å². The first-order valence-electron chi connectivity index (χ1n) is 10.2. The predicted octanol–water partition coefficient (Wildman–Crippen LogP) is 4.46. The van der Waals surface area contributed by atoms with E-state index in [0.717, 1.165) is 6.54 Å². The standard InChI is InChI=1S/C22H36N2O/c1-17-7-6-8-18(15-17)22(16-24(2)3)23-19-11-13-21(14-12-19)25-20-9-4-5-10-20/h6-8,15,19-23H,4-5,9-14,16H2,1-3H3. The maximum absolute atomic E-state index is 6.33. The van der Waals surface area contributed by atoms with E-state index in [0.29, 0.717) is 24.3 Å². The Balaban J connectivity index is 1.52. The summed E-state index contributed by atoms with van der Waals surface area (Å²) in [5.41, 5.74) is 2.76. The molecule has 3 nitrogen and oxygen atoms in total. The third kappa shape index (κ3) is 5.80. The highest BCUT2D eigenvalue weighted by Crippen LogP contribution is 2.29. The molecular weight excluding hydrogens is 308 g/mol. The van der Waals surface area contributed by atoms with Gasteiger partial charge in [0.25, 0.3) is 0 Å². The van der Waals surface area contributed by atoms with Crippen LogP contribution >= 0.6 is 0 Å². The summed E-state index contributed by atoms with van der Waals surface area (Å²) in [4.78, 5) is 2.29. The smallest absolute Gasteiger partial charge is 0.0580 e. The maximum Gasteiger partial charge on any atom is 0.0580 e. The summed E-state index contributed by atoms with van der Waals surface area (Å²) in [6.45, 7) is 3.23. The summed E-state index contributed by atoms with van der Waals surface area (Å²) in [7, 11) is 4.33. The number of hydrogen-bond donors (Lipinski definition) is 1. The van der Waals surface area contributed by atoms with E-state index in [-0.39, 0.29) is 0 Å². The fourth-order valence-electron chi connectivity index (χ4n) is 4.45. The van der Waals surface area contributed by atoms with E-state index < -0.39 is 0 Å². The highest BCUT2D eigenvalue weighted by molar-refractivity contribution is 5.25. The van der Waals surface area contributed by atoms with Gasteiger partial charge in [-0.2, -0.15) is 0 Å². The SMILES string of the molecule is Cc1cccc(C(CN(C)C)NC2CCC(OC3CCCC3)CC2)c1. The molecule has 1 unspecified atom stereocenters. The zero-order valence-electron chi connectivity index (χ0n) is 16.3. The number of nitrogens with one attached hydrogen (secondary N) is 1. The molecule has 2 aliphatic carbocycles. The number of ether oxygens (including phenoxy) is 1. The van der Waals surface area contributed by atoms with E-state index in [1.165, 1.54) is 62.5 Å². The van der Waals surface area contributed by atoms with Gasteiger partial charge in [0.05, 0.1) is 12.2 Å². The molecule has 0 radical (unpaired) electrons. The number of hydrogen-bond acceptors (Lipinski definition) is 3. The van der Waals surface area contributed by atoms with Gasteiger partial charge in [-0.15, -0.1) is 0 Å². The van der Waals surface area contributed by atoms with Crippen molar-refractivity contribution >= 4 is 0 Å². The second kappa shape index (κ2) is 9.16. The molecule has 0 amide bonds. The van der Waals surface area contributed by atoms with Crippen LogP contribution in [0.1, 0.15) is 68.5 Å². The van der Waals surface area contributed by atoms with Gasteiger partial charge in [0.2, 0.25) is 0 Å². The average molecular weight is 345 g/mol. The first kappa shape index (κ1) is 18.9. The van der Waals surface area contributed by atoms with Crippen LogP contribution in [0.25, 0.3) is 0 Å². The highest BCUT2D eigenvalue weighted by Gasteiger charge is 2.27. The van der Waals surface area contributed by atoms with Gasteiger partial charge in [-0.05, 0) is 65.1 Å². The lowest BCUT2D eigenvalue weighted by Gasteiger charge is -2.34. The van der Waals surface area contributed by atoms with Crippen molar-refractivity contribution in [3.05, 3.63) is 35.4 Å². The van der Waals surface area contributed by atoms with Gasteiger partial charge in [0, 0.05) is 18.6 Å². The second-order valence-corrected chi connectivity index (χ2v) is 8.41. The number of aryl methyl sites for hydroxylation is 1. The van der Waals surface area contributed by atoms with E-state index in [9.17, 15) is 0 Å². The minimum Gasteiger partial charge on any atom is -0.375 e. The Labute approximate surface area is 154 Å². The van der Waals surface area contributed by atoms with Crippen LogP contribution in [-0.4, -0.2) is 43.8 Å². The molecule has 1 atom stereocenters. The van der Waals surface area contributed by atoms with Crippen molar-refractivity contribution in [3.8, 4) is 0 Å². The van der Waals surface area contributed by atoms with E-state index in [1.807, 2.05) is 0 Å². The molecule has 1 N–H and O–H groups in total. The molecule has 0 heterocycles. The molecule has 25 heavy (non-hydrogen) atoms. The molecule has 3 rings (SSSR count). The van der Waals surface area contributed by atoms with Crippen molar-refractivity contribution < 1.29 is 4.74 Å². The fourth-order valence-corrected chi connectivity index (χ4v) is 4.45. The van der Waals surface area contributed by atoms with Gasteiger partial charge in [-0.25, -0.2) is 0 Å². The third-order valence-corrected chi connectivity index (χ3v) is 5.79. The van der Waals surface area contributed by atoms with Gasteiger partial charge in [-0.1, -0.05) is 42.7 Å². The normalized spacial score (nSPS) is 26.2. The molecule has 2 saturated carbocycles. The van der Waals surface area contributed by atoms with Gasteiger partial charge in [0.1, 0.15) is 0 Å². The molecule has 0 aliphatic heterocycles. The minimum absolute atomic E-state index is 0.409. The largest absolute Gasteiger partial charge is 0.375 e. The third-order valence-electron chi connectivity index (χ3n) is 5.79. The summed E-state index contributed by atoms with van der Waals surface area (Å²) in [6, 6.07) is 9.99. The van der Waals surface area contributed by atoms with Gasteiger partial charge in [0.15, 0.2) is 0 Å². The van der Waals surface area contributed by atoms with Crippen LogP contribution in [-0.2, 0) is 4.74 Å². The summed E-state index contributed by atoms with van der Waals surface area (Å²) in [5.74, 6) is 0. The summed E-state index contributed by atoms with van der Waals surface area (Å²) in [6.07, 6.45) is 11.3. The Kier molecular flexibility index (Phi) is 6.92. The van der Waals surface area contributed by atoms with Crippen molar-refractivity contribution in [3.63, 3.8) is 0 Å². The van der Waals surface area contributed by atoms with Crippen molar-refractivity contribution in [2.24, 2.45) is 0 Å². The van der Waals surface area contributed by atoms with Gasteiger partial charge in [-0.3, -0.25) is 0 Å². The Morgan fingerprint density at radius 3 is 2.36 bits per heavy atom. The molecule has 2 fully saturated rings. The van der Waals surface area contributed by atoms with E-state index in [4.69, 9.17) is 4.74 Å². The van der Waals surface area contributed by atoms with Crippen molar-refractivity contribution in [1.82, 2.24) is 10.2 Å². The number of benzene rings is 1. The fraction of sp³-hybridized carbons (Fsp3) is 0.727. The summed E-state index contributed by atoms with van der Waals surface area (Å²) in [5, 5.41) is 3.95. The molecule has 0 spiro atoms. The molecule has 2 aliphatic rings. The lowest BCUT2D eigenvalue weighted by atomic mass is 9.91. The van der Waals surface area contributed by atoms with Crippen LogP contribution in [0.5, 0.6) is 0 Å². The van der Waals surface area contributed by atoms with Crippen molar-refractivity contribution in [1.29, 1.82) is 0 Å². The molecule has 1 aromatic carbocycles. The number of rotatable bonds is 7. The van der Waals surface area contributed by atoms with E-state index in [2.05, 4.69) is 55.5 Å². The van der Waals surface area contributed by atoms with Gasteiger partial charge < -0.3 is 15.0 Å². The first-order valence-corrected chi connectivity index (χ1v) is 10.2. The molecular formula is C22H36N2O. The molecule has 0 saturated heterocycles.